The van der Waals surface area contributed by atoms with Gasteiger partial charge in [-0.2, -0.15) is 0 Å². The van der Waals surface area contributed by atoms with Crippen LogP contribution in [0.3, 0.4) is 0 Å². The van der Waals surface area contributed by atoms with Gasteiger partial charge in [-0.15, -0.1) is 0 Å². The van der Waals surface area contributed by atoms with E-state index in [4.69, 9.17) is 4.74 Å². The maximum Gasteiger partial charge on any atom is 0.315 e. The molecule has 5 nitrogen and oxygen atoms in total. The van der Waals surface area contributed by atoms with Crippen molar-refractivity contribution >= 4 is 11.8 Å². The number of aliphatic carboxylic acids is 1. The number of aryl methyl sites for hydroxylation is 1. The molecule has 1 aliphatic carbocycles. The van der Waals surface area contributed by atoms with Crippen molar-refractivity contribution in [2.75, 3.05) is 20.2 Å². The summed E-state index contributed by atoms with van der Waals surface area (Å²) in [5, 5.41) is 9.19. The Morgan fingerprint density at radius 3 is 2.86 bits per heavy atom. The van der Waals surface area contributed by atoms with Crippen LogP contribution < -0.4 is 4.74 Å². The Kier molecular flexibility index (Phi) is 4.16. The summed E-state index contributed by atoms with van der Waals surface area (Å²) in [5.41, 5.74) is 2.62. The van der Waals surface area contributed by atoms with Crippen molar-refractivity contribution in [1.82, 2.24) is 4.90 Å². The zero-order valence-electron chi connectivity index (χ0n) is 12.7. The highest BCUT2D eigenvalue weighted by molar-refractivity contribution is 5.99. The Bertz CT molecular complexity index is 598. The van der Waals surface area contributed by atoms with Crippen LogP contribution in [0.2, 0.25) is 0 Å². The number of rotatable bonds is 3. The maximum atomic E-state index is 11.7. The molecule has 1 saturated heterocycles. The number of carboxylic acid groups (broad SMARTS) is 1. The lowest BCUT2D eigenvalue weighted by atomic mass is 9.85. The lowest BCUT2D eigenvalue weighted by Gasteiger charge is -2.38. The molecule has 1 aliphatic heterocycles. The summed E-state index contributed by atoms with van der Waals surface area (Å²) in [6, 6.07) is 6.49. The molecule has 0 spiro atoms. The van der Waals surface area contributed by atoms with Gasteiger partial charge in [-0.05, 0) is 42.5 Å². The highest BCUT2D eigenvalue weighted by Gasteiger charge is 2.36. The summed E-state index contributed by atoms with van der Waals surface area (Å²) in [6.07, 6.45) is 3.25. The molecule has 1 heterocycles. The maximum absolute atomic E-state index is 11.7. The van der Waals surface area contributed by atoms with Gasteiger partial charge in [-0.25, -0.2) is 0 Å². The van der Waals surface area contributed by atoms with Crippen LogP contribution in [0.15, 0.2) is 18.2 Å². The highest BCUT2D eigenvalue weighted by Crippen LogP contribution is 2.29. The Morgan fingerprint density at radius 2 is 2.14 bits per heavy atom. The number of ketones is 1. The Labute approximate surface area is 129 Å². The number of benzene rings is 1. The molecule has 2 unspecified atom stereocenters. The number of carboxylic acids is 1. The zero-order valence-corrected chi connectivity index (χ0v) is 12.7. The van der Waals surface area contributed by atoms with Gasteiger partial charge in [-0.1, -0.05) is 6.07 Å². The summed E-state index contributed by atoms with van der Waals surface area (Å²) in [6.45, 7) is 1.02. The third kappa shape index (κ3) is 2.86. The molecule has 0 bridgehead atoms. The Balaban J connectivity index is 1.74. The van der Waals surface area contributed by atoms with E-state index < -0.39 is 11.9 Å². The molecule has 118 valence electrons. The average Bonchev–Trinajstić information content (AvgIpc) is 2.54. The number of ether oxygens (including phenoxy) is 1. The van der Waals surface area contributed by atoms with Gasteiger partial charge in [-0.3, -0.25) is 14.5 Å². The van der Waals surface area contributed by atoms with E-state index in [2.05, 4.69) is 17.0 Å². The third-order valence-corrected chi connectivity index (χ3v) is 4.88. The molecule has 1 N–H and O–H groups in total. The van der Waals surface area contributed by atoms with E-state index in [9.17, 15) is 14.7 Å². The minimum atomic E-state index is -0.993. The molecule has 0 amide bonds. The molecular weight excluding hydrogens is 282 g/mol. The minimum absolute atomic E-state index is 0.137. The normalized spacial score (nSPS) is 25.6. The predicted octanol–water partition coefficient (Wildman–Crippen LogP) is 1.53. The largest absolute Gasteiger partial charge is 0.497 e. The van der Waals surface area contributed by atoms with Crippen molar-refractivity contribution in [2.24, 2.45) is 5.92 Å². The minimum Gasteiger partial charge on any atom is -0.497 e. The van der Waals surface area contributed by atoms with E-state index in [-0.39, 0.29) is 5.78 Å². The van der Waals surface area contributed by atoms with Gasteiger partial charge in [0.05, 0.1) is 7.11 Å². The van der Waals surface area contributed by atoms with Crippen LogP contribution in [0.4, 0.5) is 0 Å². The molecule has 22 heavy (non-hydrogen) atoms. The fourth-order valence-corrected chi connectivity index (χ4v) is 3.56. The first-order valence-corrected chi connectivity index (χ1v) is 7.74. The Morgan fingerprint density at radius 1 is 1.32 bits per heavy atom. The highest BCUT2D eigenvalue weighted by atomic mass is 16.5. The summed E-state index contributed by atoms with van der Waals surface area (Å²) in [4.78, 5) is 25.1. The first-order valence-electron chi connectivity index (χ1n) is 7.74. The topological polar surface area (TPSA) is 66.8 Å². The number of likely N-dealkylation sites (tertiary alicyclic amines) is 1. The van der Waals surface area contributed by atoms with Crippen molar-refractivity contribution in [3.05, 3.63) is 29.3 Å². The van der Waals surface area contributed by atoms with E-state index in [1.165, 1.54) is 11.1 Å². The van der Waals surface area contributed by atoms with Crippen molar-refractivity contribution in [3.8, 4) is 5.75 Å². The fourth-order valence-electron chi connectivity index (χ4n) is 3.56. The van der Waals surface area contributed by atoms with Gasteiger partial charge in [0.25, 0.3) is 0 Å². The van der Waals surface area contributed by atoms with Crippen LogP contribution in [0, 0.1) is 5.92 Å². The second kappa shape index (κ2) is 6.08. The molecule has 2 atom stereocenters. The third-order valence-electron chi connectivity index (χ3n) is 4.88. The number of fused-ring (bicyclic) bond motifs is 1. The lowest BCUT2D eigenvalue weighted by Crippen LogP contribution is -2.50. The van der Waals surface area contributed by atoms with Crippen LogP contribution >= 0.6 is 0 Å². The van der Waals surface area contributed by atoms with Crippen LogP contribution in [0.5, 0.6) is 5.75 Å². The van der Waals surface area contributed by atoms with E-state index in [0.29, 0.717) is 25.6 Å². The van der Waals surface area contributed by atoms with E-state index in [0.717, 1.165) is 25.0 Å². The number of nitrogens with zero attached hydrogens (tertiary/aromatic N) is 1. The van der Waals surface area contributed by atoms with Gasteiger partial charge in [0, 0.05) is 25.6 Å². The van der Waals surface area contributed by atoms with Crippen molar-refractivity contribution in [1.29, 1.82) is 0 Å². The monoisotopic (exact) mass is 303 g/mol. The molecule has 0 radical (unpaired) electrons. The number of hydrogen-bond acceptors (Lipinski definition) is 4. The second-order valence-electron chi connectivity index (χ2n) is 6.13. The number of methoxy groups -OCH3 is 1. The van der Waals surface area contributed by atoms with Crippen LogP contribution in [-0.2, 0) is 22.4 Å². The zero-order chi connectivity index (χ0) is 15.7. The van der Waals surface area contributed by atoms with Gasteiger partial charge in [0.2, 0.25) is 0 Å². The molecule has 1 fully saturated rings. The molecule has 1 aromatic rings. The average molecular weight is 303 g/mol. The number of carbonyl (C=O) groups is 2. The summed E-state index contributed by atoms with van der Waals surface area (Å²) < 4.78 is 5.29. The van der Waals surface area contributed by atoms with E-state index >= 15 is 0 Å². The SMILES string of the molecule is COc1ccc2c(c1)CC(N1CCC(=O)C(C(=O)O)C1)CC2. The molecule has 1 aromatic carbocycles. The molecule has 3 rings (SSSR count). The van der Waals surface area contributed by atoms with Crippen LogP contribution in [0.25, 0.3) is 0 Å². The smallest absolute Gasteiger partial charge is 0.315 e. The van der Waals surface area contributed by atoms with Crippen molar-refractivity contribution in [3.63, 3.8) is 0 Å². The van der Waals surface area contributed by atoms with Crippen molar-refractivity contribution in [2.45, 2.75) is 31.7 Å². The summed E-state index contributed by atoms with van der Waals surface area (Å²) >= 11 is 0. The lowest BCUT2D eigenvalue weighted by molar-refractivity contribution is -0.149. The van der Waals surface area contributed by atoms with Gasteiger partial charge >= 0.3 is 5.97 Å². The first-order chi connectivity index (χ1) is 10.6. The van der Waals surface area contributed by atoms with Gasteiger partial charge < -0.3 is 9.84 Å². The second-order valence-corrected chi connectivity index (χ2v) is 6.13. The Hall–Kier alpha value is -1.88. The molecule has 2 aliphatic rings. The number of carbonyl (C=O) groups excluding carboxylic acids is 1. The van der Waals surface area contributed by atoms with Crippen LogP contribution in [0.1, 0.15) is 24.0 Å². The molecule has 0 saturated carbocycles. The quantitative estimate of drug-likeness (QED) is 0.858. The van der Waals surface area contributed by atoms with Crippen LogP contribution in [-0.4, -0.2) is 48.0 Å². The van der Waals surface area contributed by atoms with Gasteiger partial charge in [0.1, 0.15) is 17.5 Å². The van der Waals surface area contributed by atoms with Gasteiger partial charge in [0.15, 0.2) is 0 Å². The summed E-state index contributed by atoms with van der Waals surface area (Å²) in [5.74, 6) is -1.13. The molecule has 0 aromatic heterocycles. The molecular formula is C17H21NO4. The number of hydrogen-bond donors (Lipinski definition) is 1. The standard InChI is InChI=1S/C17H21NO4/c1-22-14-5-3-11-2-4-13(8-12(11)9-14)18-7-6-16(19)15(10-18)17(20)21/h3,5,9,13,15H,2,4,6-8,10H2,1H3,(H,20,21). The molecule has 5 heteroatoms. The van der Waals surface area contributed by atoms with E-state index in [1.807, 2.05) is 6.07 Å². The van der Waals surface area contributed by atoms with Crippen molar-refractivity contribution < 1.29 is 19.4 Å². The van der Waals surface area contributed by atoms with E-state index in [1.54, 1.807) is 7.11 Å². The predicted molar refractivity (Wildman–Crippen MR) is 81.1 cm³/mol. The first kappa shape index (κ1) is 15.0. The number of piperidine rings is 1. The number of Topliss-reactive ketones (excluding diaryl/α,β-unsaturated/α-hetero) is 1. The summed E-state index contributed by atoms with van der Waals surface area (Å²) in [7, 11) is 1.66. The fraction of sp³-hybridized carbons (Fsp3) is 0.529.